The van der Waals surface area contributed by atoms with Crippen molar-refractivity contribution in [3.8, 4) is 11.3 Å². The number of thiazole rings is 1. The molecule has 168 valence electrons. The smallest absolute Gasteiger partial charge is 0.383 e. The van der Waals surface area contributed by atoms with Gasteiger partial charge in [0, 0.05) is 42.6 Å². The number of nitrogens with zero attached hydrogens (tertiary/aromatic N) is 2. The summed E-state index contributed by atoms with van der Waals surface area (Å²) >= 11 is 1.30. The van der Waals surface area contributed by atoms with E-state index in [2.05, 4.69) is 10.3 Å². The van der Waals surface area contributed by atoms with Gasteiger partial charge in [-0.25, -0.2) is 14.2 Å². The van der Waals surface area contributed by atoms with Gasteiger partial charge in [-0.3, -0.25) is 0 Å². The summed E-state index contributed by atoms with van der Waals surface area (Å²) in [4.78, 5) is 18.5. The second-order valence-electron chi connectivity index (χ2n) is 7.57. The van der Waals surface area contributed by atoms with Crippen LogP contribution in [0.5, 0.6) is 0 Å². The standard InChI is InChI=1S/C22H19F4N3O2S/c23-16-5-1-14(2-6-16)18-13-32-19(28-18)21(31)9-11-29(12-10-21)20(30)27-17-7-3-15(4-8-17)22(24,25)26/h1-8,13,31H,9-12H2,(H,27,30). The summed E-state index contributed by atoms with van der Waals surface area (Å²) in [5.74, 6) is -0.343. The van der Waals surface area contributed by atoms with Crippen molar-refractivity contribution in [1.29, 1.82) is 0 Å². The molecular weight excluding hydrogens is 446 g/mol. The van der Waals surface area contributed by atoms with Crippen LogP contribution in [0.4, 0.5) is 28.0 Å². The highest BCUT2D eigenvalue weighted by Gasteiger charge is 2.38. The summed E-state index contributed by atoms with van der Waals surface area (Å²) in [7, 11) is 0. The van der Waals surface area contributed by atoms with E-state index in [1.165, 1.54) is 40.5 Å². The molecule has 2 N–H and O–H groups in total. The lowest BCUT2D eigenvalue weighted by Gasteiger charge is -2.36. The van der Waals surface area contributed by atoms with Gasteiger partial charge in [0.25, 0.3) is 0 Å². The van der Waals surface area contributed by atoms with Crippen LogP contribution >= 0.6 is 11.3 Å². The lowest BCUT2D eigenvalue weighted by molar-refractivity contribution is -0.137. The summed E-state index contributed by atoms with van der Waals surface area (Å²) in [6.07, 6.45) is -3.90. The first-order chi connectivity index (χ1) is 15.1. The number of anilines is 1. The molecule has 0 unspecified atom stereocenters. The molecule has 0 spiro atoms. The molecule has 10 heteroatoms. The molecule has 0 bridgehead atoms. The Morgan fingerprint density at radius 2 is 1.69 bits per heavy atom. The van der Waals surface area contributed by atoms with Gasteiger partial charge in [0.15, 0.2) is 0 Å². The van der Waals surface area contributed by atoms with Gasteiger partial charge in [-0.15, -0.1) is 11.3 Å². The number of carbonyl (C=O) groups is 1. The number of hydrogen-bond donors (Lipinski definition) is 2. The normalized spacial score (nSPS) is 16.1. The molecule has 1 aromatic heterocycles. The van der Waals surface area contributed by atoms with Crippen molar-refractivity contribution in [2.45, 2.75) is 24.6 Å². The minimum absolute atomic E-state index is 0.257. The second kappa shape index (κ2) is 8.51. The van der Waals surface area contributed by atoms with Gasteiger partial charge in [0.1, 0.15) is 16.4 Å². The van der Waals surface area contributed by atoms with Crippen LogP contribution in [0.25, 0.3) is 11.3 Å². The predicted octanol–water partition coefficient (Wildman–Crippen LogP) is 5.48. The van der Waals surface area contributed by atoms with Gasteiger partial charge < -0.3 is 15.3 Å². The van der Waals surface area contributed by atoms with Crippen molar-refractivity contribution in [3.63, 3.8) is 0 Å². The van der Waals surface area contributed by atoms with Gasteiger partial charge >= 0.3 is 12.2 Å². The van der Waals surface area contributed by atoms with E-state index in [0.29, 0.717) is 10.7 Å². The third kappa shape index (κ3) is 4.76. The molecular formula is C22H19F4N3O2S. The van der Waals surface area contributed by atoms with E-state index in [1.54, 1.807) is 17.5 Å². The van der Waals surface area contributed by atoms with Crippen molar-refractivity contribution in [3.05, 3.63) is 70.3 Å². The molecule has 0 radical (unpaired) electrons. The van der Waals surface area contributed by atoms with Crippen molar-refractivity contribution >= 4 is 23.1 Å². The summed E-state index contributed by atoms with van der Waals surface area (Å²) < 4.78 is 51.1. The summed E-state index contributed by atoms with van der Waals surface area (Å²) in [5.41, 5.74) is -0.338. The van der Waals surface area contributed by atoms with Gasteiger partial charge in [-0.1, -0.05) is 0 Å². The maximum atomic E-state index is 13.1. The lowest BCUT2D eigenvalue weighted by atomic mass is 9.92. The number of aromatic nitrogens is 1. The average Bonchev–Trinajstić information content (AvgIpc) is 3.26. The van der Waals surface area contributed by atoms with E-state index in [0.717, 1.165) is 17.7 Å². The van der Waals surface area contributed by atoms with Crippen molar-refractivity contribution in [2.24, 2.45) is 0 Å². The number of likely N-dealkylation sites (tertiary alicyclic amines) is 1. The Balaban J connectivity index is 1.37. The fourth-order valence-corrected chi connectivity index (χ4v) is 4.47. The monoisotopic (exact) mass is 465 g/mol. The van der Waals surface area contributed by atoms with Crippen LogP contribution in [0.1, 0.15) is 23.4 Å². The predicted molar refractivity (Wildman–Crippen MR) is 113 cm³/mol. The maximum Gasteiger partial charge on any atom is 0.416 e. The van der Waals surface area contributed by atoms with Gasteiger partial charge in [0.2, 0.25) is 0 Å². The third-order valence-electron chi connectivity index (χ3n) is 5.38. The summed E-state index contributed by atoms with van der Waals surface area (Å²) in [6.45, 7) is 0.517. The van der Waals surface area contributed by atoms with Crippen molar-refractivity contribution in [2.75, 3.05) is 18.4 Å². The lowest BCUT2D eigenvalue weighted by Crippen LogP contribution is -2.46. The number of nitrogens with one attached hydrogen (secondary N) is 1. The zero-order valence-corrected chi connectivity index (χ0v) is 17.5. The molecule has 0 atom stereocenters. The fraction of sp³-hybridized carbons (Fsp3) is 0.273. The number of aliphatic hydroxyl groups is 1. The fourth-order valence-electron chi connectivity index (χ4n) is 3.48. The van der Waals surface area contributed by atoms with Crippen LogP contribution in [-0.2, 0) is 11.8 Å². The van der Waals surface area contributed by atoms with Gasteiger partial charge in [0.05, 0.1) is 11.3 Å². The van der Waals surface area contributed by atoms with E-state index < -0.39 is 23.4 Å². The highest BCUT2D eigenvalue weighted by atomic mass is 32.1. The Morgan fingerprint density at radius 1 is 1.06 bits per heavy atom. The molecule has 1 saturated heterocycles. The molecule has 1 aliphatic heterocycles. The van der Waals surface area contributed by atoms with Crippen LogP contribution < -0.4 is 5.32 Å². The first kappa shape index (κ1) is 22.2. The molecule has 0 aliphatic carbocycles. The number of carbonyl (C=O) groups excluding carboxylic acids is 1. The first-order valence-corrected chi connectivity index (χ1v) is 10.7. The topological polar surface area (TPSA) is 65.5 Å². The van der Waals surface area contributed by atoms with E-state index in [9.17, 15) is 27.5 Å². The summed E-state index contributed by atoms with van der Waals surface area (Å²) in [6, 6.07) is 9.70. The van der Waals surface area contributed by atoms with Crippen LogP contribution in [0.2, 0.25) is 0 Å². The molecule has 2 aromatic carbocycles. The number of halogens is 4. The molecule has 2 heterocycles. The number of rotatable bonds is 3. The van der Waals surface area contributed by atoms with Crippen LogP contribution in [-0.4, -0.2) is 34.1 Å². The SMILES string of the molecule is O=C(Nc1ccc(C(F)(F)F)cc1)N1CCC(O)(c2nc(-c3ccc(F)cc3)cs2)CC1. The molecule has 4 rings (SSSR count). The number of piperidine rings is 1. The number of alkyl halides is 3. The molecule has 3 aromatic rings. The number of urea groups is 1. The largest absolute Gasteiger partial charge is 0.416 e. The Morgan fingerprint density at radius 3 is 2.28 bits per heavy atom. The summed E-state index contributed by atoms with van der Waals surface area (Å²) in [5, 5.41) is 16.0. The Kier molecular flexibility index (Phi) is 5.91. The van der Waals surface area contributed by atoms with Crippen LogP contribution in [0.3, 0.4) is 0 Å². The minimum atomic E-state index is -4.44. The quantitative estimate of drug-likeness (QED) is 0.503. The Labute approximate surface area is 185 Å². The molecule has 1 fully saturated rings. The van der Waals surface area contributed by atoms with Crippen LogP contribution in [0.15, 0.2) is 53.9 Å². The maximum absolute atomic E-state index is 13.1. The zero-order valence-electron chi connectivity index (χ0n) is 16.7. The molecule has 1 aliphatic rings. The molecule has 5 nitrogen and oxygen atoms in total. The number of hydrogen-bond acceptors (Lipinski definition) is 4. The van der Waals surface area contributed by atoms with Crippen molar-refractivity contribution in [1.82, 2.24) is 9.88 Å². The van der Waals surface area contributed by atoms with E-state index >= 15 is 0 Å². The highest BCUT2D eigenvalue weighted by molar-refractivity contribution is 7.10. The molecule has 32 heavy (non-hydrogen) atoms. The number of benzene rings is 2. The molecule has 0 saturated carbocycles. The molecule has 2 amide bonds. The van der Waals surface area contributed by atoms with E-state index in [-0.39, 0.29) is 37.4 Å². The van der Waals surface area contributed by atoms with Crippen LogP contribution in [0, 0.1) is 5.82 Å². The van der Waals surface area contributed by atoms with E-state index in [1.807, 2.05) is 0 Å². The highest BCUT2D eigenvalue weighted by Crippen LogP contribution is 2.37. The average molecular weight is 465 g/mol. The zero-order chi connectivity index (χ0) is 22.9. The minimum Gasteiger partial charge on any atom is -0.383 e. The first-order valence-electron chi connectivity index (χ1n) is 9.82. The Hall–Kier alpha value is -2.98. The number of amides is 2. The third-order valence-corrected chi connectivity index (χ3v) is 6.42. The van der Waals surface area contributed by atoms with E-state index in [4.69, 9.17) is 0 Å². The van der Waals surface area contributed by atoms with Gasteiger partial charge in [-0.2, -0.15) is 13.2 Å². The Bertz CT molecular complexity index is 1090. The van der Waals surface area contributed by atoms with Crippen molar-refractivity contribution < 1.29 is 27.5 Å². The van der Waals surface area contributed by atoms with Gasteiger partial charge in [-0.05, 0) is 48.5 Å². The second-order valence-corrected chi connectivity index (χ2v) is 8.43.